The van der Waals surface area contributed by atoms with E-state index in [1.807, 2.05) is 0 Å². The summed E-state index contributed by atoms with van der Waals surface area (Å²) >= 11 is 5.84. The first-order valence-electron chi connectivity index (χ1n) is 8.71. The van der Waals surface area contributed by atoms with Crippen LogP contribution in [0.25, 0.3) is 0 Å². The summed E-state index contributed by atoms with van der Waals surface area (Å²) < 4.78 is 0. The van der Waals surface area contributed by atoms with E-state index < -0.39 is 58.4 Å². The normalized spacial score (nSPS) is 28.9. The molecule has 2 amide bonds. The van der Waals surface area contributed by atoms with Crippen LogP contribution in [0, 0.1) is 22.0 Å². The van der Waals surface area contributed by atoms with Crippen LogP contribution >= 0.6 is 11.6 Å². The molecule has 3 rings (SSSR count). The highest BCUT2D eigenvalue weighted by molar-refractivity contribution is 6.32. The fourth-order valence-electron chi connectivity index (χ4n) is 4.01. The van der Waals surface area contributed by atoms with Crippen molar-refractivity contribution in [3.05, 3.63) is 51.1 Å². The van der Waals surface area contributed by atoms with E-state index in [-0.39, 0.29) is 17.1 Å². The number of carboxylic acids is 1. The number of aliphatic hydroxyl groups excluding tert-OH is 1. The van der Waals surface area contributed by atoms with Gasteiger partial charge in [0.1, 0.15) is 5.02 Å². The molecule has 4 atom stereocenters. The minimum Gasteiger partial charge on any atom is -0.480 e. The molecule has 29 heavy (non-hydrogen) atoms. The maximum absolute atomic E-state index is 13.0. The maximum Gasteiger partial charge on any atom is 0.327 e. The molecule has 154 valence electrons. The molecule has 11 heteroatoms. The quantitative estimate of drug-likeness (QED) is 0.264. The van der Waals surface area contributed by atoms with Gasteiger partial charge >= 0.3 is 5.97 Å². The summed E-state index contributed by atoms with van der Waals surface area (Å²) in [7, 11) is 0. The van der Waals surface area contributed by atoms with E-state index in [1.165, 1.54) is 12.1 Å². The number of nitro groups is 1. The molecule has 10 nitrogen and oxygen atoms in total. The number of amides is 2. The van der Waals surface area contributed by atoms with Gasteiger partial charge in [0.25, 0.3) is 5.69 Å². The lowest BCUT2D eigenvalue weighted by molar-refractivity contribution is -0.384. The average Bonchev–Trinajstić information content (AvgIpc) is 3.15. The summed E-state index contributed by atoms with van der Waals surface area (Å²) in [6.45, 7) is 0.736. The van der Waals surface area contributed by atoms with Crippen LogP contribution in [0.3, 0.4) is 0 Å². The Morgan fingerprint density at radius 2 is 2.10 bits per heavy atom. The number of carbonyl (C=O) groups excluding carboxylic acids is 2. The summed E-state index contributed by atoms with van der Waals surface area (Å²) in [5, 5.41) is 33.5. The van der Waals surface area contributed by atoms with Crippen LogP contribution in [0.1, 0.15) is 18.5 Å². The Kier molecular flexibility index (Phi) is 5.44. The van der Waals surface area contributed by atoms with Gasteiger partial charge in [0.2, 0.25) is 11.8 Å². The number of likely N-dealkylation sites (tertiary alicyclic amines) is 1. The molecule has 1 aromatic rings. The van der Waals surface area contributed by atoms with Crippen LogP contribution in [0.5, 0.6) is 0 Å². The van der Waals surface area contributed by atoms with Gasteiger partial charge in [0.15, 0.2) is 5.54 Å². The first-order valence-corrected chi connectivity index (χ1v) is 9.09. The summed E-state index contributed by atoms with van der Waals surface area (Å²) in [5.41, 5.74) is -2.29. The molecule has 2 heterocycles. The van der Waals surface area contributed by atoms with Crippen LogP contribution < -0.4 is 5.32 Å². The van der Waals surface area contributed by atoms with Crippen molar-refractivity contribution in [2.24, 2.45) is 11.8 Å². The van der Waals surface area contributed by atoms with Crippen molar-refractivity contribution in [1.82, 2.24) is 10.2 Å². The topological polar surface area (TPSA) is 150 Å². The maximum atomic E-state index is 13.0. The Morgan fingerprint density at radius 3 is 2.66 bits per heavy atom. The first kappa shape index (κ1) is 20.9. The SMILES string of the molecule is C/C=C/CN1C(=O)C2C(c3ccc(Cl)c([N+](=O)[O-])c3)NC(CO)(C(=O)O)C2C1=O. The molecular weight excluding hydrogens is 406 g/mol. The Hall–Kier alpha value is -2.82. The number of fused-ring (bicyclic) bond motifs is 1. The van der Waals surface area contributed by atoms with Gasteiger partial charge in [-0.1, -0.05) is 29.8 Å². The number of rotatable bonds is 6. The number of hydrogen-bond donors (Lipinski definition) is 3. The highest BCUT2D eigenvalue weighted by atomic mass is 35.5. The van der Waals surface area contributed by atoms with Crippen molar-refractivity contribution >= 4 is 35.1 Å². The molecule has 4 unspecified atom stereocenters. The highest BCUT2D eigenvalue weighted by Gasteiger charge is 2.68. The molecule has 0 bridgehead atoms. The van der Waals surface area contributed by atoms with Gasteiger partial charge in [-0.15, -0.1) is 0 Å². The molecule has 0 aromatic heterocycles. The van der Waals surface area contributed by atoms with Crippen molar-refractivity contribution in [3.63, 3.8) is 0 Å². The lowest BCUT2D eigenvalue weighted by atomic mass is 9.79. The summed E-state index contributed by atoms with van der Waals surface area (Å²) in [5.74, 6) is -5.31. The number of benzene rings is 1. The van der Waals surface area contributed by atoms with Crippen LogP contribution in [0.2, 0.25) is 5.02 Å². The zero-order chi connectivity index (χ0) is 21.5. The minimum absolute atomic E-state index is 0.0320. The second-order valence-electron chi connectivity index (χ2n) is 6.88. The Bertz CT molecular complexity index is 934. The molecule has 2 saturated heterocycles. The average molecular weight is 424 g/mol. The van der Waals surface area contributed by atoms with Crippen molar-refractivity contribution in [3.8, 4) is 0 Å². The molecule has 2 fully saturated rings. The zero-order valence-electron chi connectivity index (χ0n) is 15.2. The van der Waals surface area contributed by atoms with Crippen LogP contribution in [0.4, 0.5) is 5.69 Å². The predicted molar refractivity (Wildman–Crippen MR) is 99.9 cm³/mol. The fourth-order valence-corrected chi connectivity index (χ4v) is 4.20. The molecule has 0 radical (unpaired) electrons. The lowest BCUT2D eigenvalue weighted by Gasteiger charge is -2.29. The predicted octanol–water partition coefficient (Wildman–Crippen LogP) is 0.886. The van der Waals surface area contributed by atoms with E-state index in [1.54, 1.807) is 19.1 Å². The van der Waals surface area contributed by atoms with Gasteiger partial charge < -0.3 is 10.2 Å². The van der Waals surface area contributed by atoms with Crippen molar-refractivity contribution in [1.29, 1.82) is 0 Å². The standard InChI is InChI=1S/C18H18ClN3O7/c1-2-3-6-21-15(24)12-13(16(21)25)18(8-23,17(26)27)20-14(12)9-4-5-10(19)11(7-9)22(28)29/h2-5,7,12-14,20,23H,6,8H2,1H3,(H,26,27)/b3-2+. The molecule has 1 aromatic carbocycles. The van der Waals surface area contributed by atoms with Crippen LogP contribution in [-0.4, -0.2) is 56.5 Å². The minimum atomic E-state index is -2.10. The number of hydrogen-bond acceptors (Lipinski definition) is 7. The fraction of sp³-hybridized carbons (Fsp3) is 0.389. The van der Waals surface area contributed by atoms with Gasteiger partial charge in [0.05, 0.1) is 23.4 Å². The number of aliphatic carboxylic acids is 1. The number of nitrogens with one attached hydrogen (secondary N) is 1. The Morgan fingerprint density at radius 1 is 1.41 bits per heavy atom. The van der Waals surface area contributed by atoms with E-state index in [0.29, 0.717) is 0 Å². The third-order valence-electron chi connectivity index (χ3n) is 5.43. The van der Waals surface area contributed by atoms with E-state index in [0.717, 1.165) is 11.0 Å². The number of imide groups is 1. The van der Waals surface area contributed by atoms with Crippen LogP contribution in [0.15, 0.2) is 30.4 Å². The van der Waals surface area contributed by atoms with Crippen molar-refractivity contribution < 1.29 is 29.5 Å². The number of allylic oxidation sites excluding steroid dienone is 1. The number of nitrogens with zero attached hydrogens (tertiary/aromatic N) is 2. The summed E-state index contributed by atoms with van der Waals surface area (Å²) in [6, 6.07) is 2.79. The van der Waals surface area contributed by atoms with Crippen molar-refractivity contribution in [2.45, 2.75) is 18.5 Å². The molecule has 0 spiro atoms. The molecule has 2 aliphatic rings. The number of nitro benzene ring substituents is 1. The number of carboxylic acid groups (broad SMARTS) is 1. The molecule has 2 aliphatic heterocycles. The molecule has 0 saturated carbocycles. The molecular formula is C18H18ClN3O7. The van der Waals surface area contributed by atoms with E-state index in [4.69, 9.17) is 11.6 Å². The van der Waals surface area contributed by atoms with E-state index >= 15 is 0 Å². The smallest absolute Gasteiger partial charge is 0.327 e. The summed E-state index contributed by atoms with van der Waals surface area (Å²) in [6.07, 6.45) is 3.22. The number of halogens is 1. The second kappa shape index (κ2) is 7.54. The van der Waals surface area contributed by atoms with Gasteiger partial charge in [0, 0.05) is 18.7 Å². The van der Waals surface area contributed by atoms with Gasteiger partial charge in [-0.05, 0) is 18.6 Å². The van der Waals surface area contributed by atoms with Crippen molar-refractivity contribution in [2.75, 3.05) is 13.2 Å². The molecule has 0 aliphatic carbocycles. The monoisotopic (exact) mass is 423 g/mol. The van der Waals surface area contributed by atoms with Crippen LogP contribution in [-0.2, 0) is 14.4 Å². The lowest BCUT2D eigenvalue weighted by Crippen LogP contribution is -2.58. The van der Waals surface area contributed by atoms with Gasteiger partial charge in [-0.3, -0.25) is 34.7 Å². The number of aliphatic hydroxyl groups is 1. The number of carbonyl (C=O) groups is 3. The van der Waals surface area contributed by atoms with Gasteiger partial charge in [-0.2, -0.15) is 0 Å². The first-order chi connectivity index (χ1) is 13.7. The Labute approximate surface area is 169 Å². The Balaban J connectivity index is 2.14. The molecule has 3 N–H and O–H groups in total. The third kappa shape index (κ3) is 3.09. The van der Waals surface area contributed by atoms with E-state index in [9.17, 15) is 34.7 Å². The largest absolute Gasteiger partial charge is 0.480 e. The third-order valence-corrected chi connectivity index (χ3v) is 5.75. The second-order valence-corrected chi connectivity index (χ2v) is 7.29. The van der Waals surface area contributed by atoms with Gasteiger partial charge in [-0.25, -0.2) is 0 Å². The highest BCUT2D eigenvalue weighted by Crippen LogP contribution is 2.49. The zero-order valence-corrected chi connectivity index (χ0v) is 16.0. The summed E-state index contributed by atoms with van der Waals surface area (Å²) in [4.78, 5) is 49.4. The van der Waals surface area contributed by atoms with E-state index in [2.05, 4.69) is 5.32 Å².